The zero-order valence-electron chi connectivity index (χ0n) is 11.8. The molecule has 4 heteroatoms. The highest BCUT2D eigenvalue weighted by Gasteiger charge is 2.30. The van der Waals surface area contributed by atoms with E-state index >= 15 is 0 Å². The zero-order valence-corrected chi connectivity index (χ0v) is 11.8. The summed E-state index contributed by atoms with van der Waals surface area (Å²) >= 11 is 0. The minimum Gasteiger partial charge on any atom is -0.465 e. The Balaban J connectivity index is 2.71. The average Bonchev–Trinajstić information content (AvgIpc) is 2.53. The van der Waals surface area contributed by atoms with Crippen LogP contribution in [0.5, 0.6) is 0 Å². The van der Waals surface area contributed by atoms with Gasteiger partial charge >= 0.3 is 5.97 Å². The number of rotatable bonds is 5. The molecule has 1 heterocycles. The van der Waals surface area contributed by atoms with Crippen molar-refractivity contribution in [1.29, 1.82) is 0 Å². The highest BCUT2D eigenvalue weighted by atomic mass is 16.5. The Kier molecular flexibility index (Phi) is 6.33. The van der Waals surface area contributed by atoms with E-state index in [0.29, 0.717) is 13.0 Å². The van der Waals surface area contributed by atoms with Crippen LogP contribution in [0.25, 0.3) is 0 Å². The highest BCUT2D eigenvalue weighted by molar-refractivity contribution is 5.77. The summed E-state index contributed by atoms with van der Waals surface area (Å²) in [6.45, 7) is 6.63. The fourth-order valence-electron chi connectivity index (χ4n) is 2.66. The van der Waals surface area contributed by atoms with Crippen molar-refractivity contribution < 1.29 is 14.3 Å². The van der Waals surface area contributed by atoms with E-state index in [1.807, 2.05) is 13.8 Å². The van der Waals surface area contributed by atoms with Crippen LogP contribution in [0.2, 0.25) is 0 Å². The van der Waals surface area contributed by atoms with Crippen molar-refractivity contribution in [3.05, 3.63) is 0 Å². The number of carbonyl (C=O) groups is 2. The minimum atomic E-state index is -0.243. The number of hydrogen-bond acceptors (Lipinski definition) is 4. The van der Waals surface area contributed by atoms with Gasteiger partial charge in [0.1, 0.15) is 11.8 Å². The van der Waals surface area contributed by atoms with E-state index in [-0.39, 0.29) is 23.8 Å². The SMILES string of the molecule is CCOC(=O)C(C)N1CCCCCC1CC(C)=O. The number of likely N-dealkylation sites (tertiary alicyclic amines) is 1. The molecule has 0 bridgehead atoms. The molecule has 18 heavy (non-hydrogen) atoms. The summed E-state index contributed by atoms with van der Waals surface area (Å²) in [5.74, 6) is 0.0240. The van der Waals surface area contributed by atoms with Gasteiger partial charge in [-0.15, -0.1) is 0 Å². The Morgan fingerprint density at radius 3 is 2.67 bits per heavy atom. The summed E-state index contributed by atoms with van der Waals surface area (Å²) in [5, 5.41) is 0. The standard InChI is InChI=1S/C14H25NO3/c1-4-18-14(17)12(3)15-9-7-5-6-8-13(15)10-11(2)16/h12-13H,4-10H2,1-3H3. The van der Waals surface area contributed by atoms with Gasteiger partial charge < -0.3 is 4.74 Å². The minimum absolute atomic E-state index is 0.173. The maximum absolute atomic E-state index is 11.8. The lowest BCUT2D eigenvalue weighted by Gasteiger charge is -2.33. The lowest BCUT2D eigenvalue weighted by atomic mass is 10.0. The van der Waals surface area contributed by atoms with Crippen molar-refractivity contribution in [1.82, 2.24) is 4.90 Å². The summed E-state index contributed by atoms with van der Waals surface area (Å²) in [7, 11) is 0. The van der Waals surface area contributed by atoms with Crippen molar-refractivity contribution in [3.63, 3.8) is 0 Å². The van der Waals surface area contributed by atoms with E-state index in [9.17, 15) is 9.59 Å². The molecule has 0 aromatic carbocycles. The second-order valence-corrected chi connectivity index (χ2v) is 5.08. The van der Waals surface area contributed by atoms with Crippen LogP contribution in [0.4, 0.5) is 0 Å². The second-order valence-electron chi connectivity index (χ2n) is 5.08. The highest BCUT2D eigenvalue weighted by Crippen LogP contribution is 2.22. The van der Waals surface area contributed by atoms with Crippen LogP contribution < -0.4 is 0 Å². The predicted molar refractivity (Wildman–Crippen MR) is 70.4 cm³/mol. The molecule has 0 aliphatic carbocycles. The molecular weight excluding hydrogens is 230 g/mol. The monoisotopic (exact) mass is 255 g/mol. The Bertz CT molecular complexity index is 291. The van der Waals surface area contributed by atoms with Gasteiger partial charge in [-0.1, -0.05) is 12.8 Å². The van der Waals surface area contributed by atoms with Crippen molar-refractivity contribution in [3.8, 4) is 0 Å². The van der Waals surface area contributed by atoms with E-state index in [4.69, 9.17) is 4.74 Å². The molecule has 1 aliphatic rings. The maximum Gasteiger partial charge on any atom is 0.323 e. The largest absolute Gasteiger partial charge is 0.465 e. The summed E-state index contributed by atoms with van der Waals surface area (Å²) in [6.07, 6.45) is 4.97. The normalized spacial score (nSPS) is 23.2. The molecule has 0 aromatic heterocycles. The average molecular weight is 255 g/mol. The predicted octanol–water partition coefficient (Wildman–Crippen LogP) is 2.16. The molecule has 0 spiro atoms. The Morgan fingerprint density at radius 2 is 2.06 bits per heavy atom. The summed E-state index contributed by atoms with van der Waals surface area (Å²) < 4.78 is 5.09. The van der Waals surface area contributed by atoms with Crippen molar-refractivity contribution in [2.24, 2.45) is 0 Å². The van der Waals surface area contributed by atoms with E-state index in [1.54, 1.807) is 6.92 Å². The van der Waals surface area contributed by atoms with E-state index in [0.717, 1.165) is 25.8 Å². The van der Waals surface area contributed by atoms with Crippen LogP contribution in [-0.4, -0.2) is 41.9 Å². The van der Waals surface area contributed by atoms with Gasteiger partial charge in [-0.3, -0.25) is 14.5 Å². The molecular formula is C14H25NO3. The molecule has 0 aromatic rings. The number of nitrogens with zero attached hydrogens (tertiary/aromatic N) is 1. The number of carbonyl (C=O) groups excluding carboxylic acids is 2. The first-order valence-electron chi connectivity index (χ1n) is 6.98. The Hall–Kier alpha value is -0.900. The first kappa shape index (κ1) is 15.2. The van der Waals surface area contributed by atoms with Crippen LogP contribution in [-0.2, 0) is 14.3 Å². The van der Waals surface area contributed by atoms with Crippen LogP contribution in [0.15, 0.2) is 0 Å². The van der Waals surface area contributed by atoms with Crippen LogP contribution in [0.3, 0.4) is 0 Å². The summed E-state index contributed by atoms with van der Waals surface area (Å²) in [4.78, 5) is 25.3. The van der Waals surface area contributed by atoms with Crippen molar-refractivity contribution in [2.45, 2.75) is 65.0 Å². The molecule has 1 aliphatic heterocycles. The quantitative estimate of drug-likeness (QED) is 0.706. The lowest BCUT2D eigenvalue weighted by Crippen LogP contribution is -2.46. The third-order valence-electron chi connectivity index (χ3n) is 3.57. The smallest absolute Gasteiger partial charge is 0.323 e. The molecule has 2 unspecified atom stereocenters. The number of esters is 1. The van der Waals surface area contributed by atoms with Gasteiger partial charge in [0, 0.05) is 12.5 Å². The number of Topliss-reactive ketones (excluding diaryl/α,β-unsaturated/α-hetero) is 1. The van der Waals surface area contributed by atoms with Gasteiger partial charge in [-0.25, -0.2) is 0 Å². The third kappa shape index (κ3) is 4.41. The zero-order chi connectivity index (χ0) is 13.5. The molecule has 104 valence electrons. The van der Waals surface area contributed by atoms with Crippen LogP contribution >= 0.6 is 0 Å². The topological polar surface area (TPSA) is 46.6 Å². The molecule has 1 rings (SSSR count). The molecule has 0 saturated carbocycles. The molecule has 2 atom stereocenters. The summed E-state index contributed by atoms with van der Waals surface area (Å²) in [5.41, 5.74) is 0. The maximum atomic E-state index is 11.8. The molecule has 1 fully saturated rings. The molecule has 0 radical (unpaired) electrons. The van der Waals surface area contributed by atoms with Crippen molar-refractivity contribution >= 4 is 11.8 Å². The Morgan fingerprint density at radius 1 is 1.33 bits per heavy atom. The number of hydrogen-bond donors (Lipinski definition) is 0. The van der Waals surface area contributed by atoms with Gasteiger partial charge in [0.2, 0.25) is 0 Å². The van der Waals surface area contributed by atoms with Crippen LogP contribution in [0.1, 0.15) is 52.9 Å². The Labute approximate surface area is 110 Å². The van der Waals surface area contributed by atoms with Crippen LogP contribution in [0, 0.1) is 0 Å². The molecule has 0 amide bonds. The van der Waals surface area contributed by atoms with E-state index in [2.05, 4.69) is 4.90 Å². The van der Waals surface area contributed by atoms with Gasteiger partial charge in [0.25, 0.3) is 0 Å². The van der Waals surface area contributed by atoms with E-state index < -0.39 is 0 Å². The molecule has 4 nitrogen and oxygen atoms in total. The van der Waals surface area contributed by atoms with Gasteiger partial charge in [-0.05, 0) is 40.2 Å². The second kappa shape index (κ2) is 7.52. The lowest BCUT2D eigenvalue weighted by molar-refractivity contribution is -0.150. The fraction of sp³-hybridized carbons (Fsp3) is 0.857. The van der Waals surface area contributed by atoms with Gasteiger partial charge in [-0.2, -0.15) is 0 Å². The first-order valence-corrected chi connectivity index (χ1v) is 6.98. The van der Waals surface area contributed by atoms with Gasteiger partial charge in [0.05, 0.1) is 6.61 Å². The third-order valence-corrected chi connectivity index (χ3v) is 3.57. The molecule has 1 saturated heterocycles. The first-order chi connectivity index (χ1) is 8.56. The number of ketones is 1. The van der Waals surface area contributed by atoms with Crippen molar-refractivity contribution in [2.75, 3.05) is 13.2 Å². The number of ether oxygens (including phenoxy) is 1. The summed E-state index contributed by atoms with van der Waals surface area (Å²) in [6, 6.07) is -0.0446. The van der Waals surface area contributed by atoms with E-state index in [1.165, 1.54) is 6.42 Å². The fourth-order valence-corrected chi connectivity index (χ4v) is 2.66. The molecule has 0 N–H and O–H groups in total. The van der Waals surface area contributed by atoms with Gasteiger partial charge in [0.15, 0.2) is 0 Å².